The molecule has 0 radical (unpaired) electrons. The highest BCUT2D eigenvalue weighted by atomic mass is 16.2. The second-order valence-electron chi connectivity index (χ2n) is 6.08. The van der Waals surface area contributed by atoms with Crippen LogP contribution in [0.5, 0.6) is 0 Å². The van der Waals surface area contributed by atoms with Crippen molar-refractivity contribution >= 4 is 17.6 Å². The number of rotatable bonds is 6. The van der Waals surface area contributed by atoms with Crippen LogP contribution >= 0.6 is 0 Å². The van der Waals surface area contributed by atoms with Crippen molar-refractivity contribution < 1.29 is 9.59 Å². The highest BCUT2D eigenvalue weighted by molar-refractivity contribution is 5.98. The lowest BCUT2D eigenvalue weighted by Crippen LogP contribution is -2.34. The number of nitrogens with one attached hydrogen (secondary N) is 2. The molecule has 1 aliphatic heterocycles. The molecule has 6 heteroatoms. The molecule has 1 fully saturated rings. The molecule has 1 aliphatic carbocycles. The maximum atomic E-state index is 12.3. The maximum Gasteiger partial charge on any atom is 0.256 e. The van der Waals surface area contributed by atoms with Crippen LogP contribution in [0, 0.1) is 5.92 Å². The molecule has 2 N–H and O–H groups in total. The highest BCUT2D eigenvalue weighted by Gasteiger charge is 2.28. The molecule has 118 valence electrons. The first kappa shape index (κ1) is 14.8. The lowest BCUT2D eigenvalue weighted by atomic mass is 9.85. The van der Waals surface area contributed by atoms with Crippen molar-refractivity contribution in [3.05, 3.63) is 23.4 Å². The summed E-state index contributed by atoms with van der Waals surface area (Å²) in [6.07, 6.45) is 3.93. The Morgan fingerprint density at radius 2 is 2.23 bits per heavy atom. The zero-order chi connectivity index (χ0) is 15.5. The minimum atomic E-state index is -0.0789. The Labute approximate surface area is 130 Å². The van der Waals surface area contributed by atoms with E-state index in [1.807, 2.05) is 12.1 Å². The van der Waals surface area contributed by atoms with E-state index in [0.29, 0.717) is 25.2 Å². The van der Waals surface area contributed by atoms with Crippen LogP contribution in [0.25, 0.3) is 0 Å². The van der Waals surface area contributed by atoms with Crippen LogP contribution in [0.1, 0.15) is 42.2 Å². The lowest BCUT2D eigenvalue weighted by Gasteiger charge is -2.25. The molecule has 0 spiro atoms. The number of hydrogen-bond acceptors (Lipinski definition) is 4. The molecule has 2 heterocycles. The zero-order valence-corrected chi connectivity index (χ0v) is 12.9. The van der Waals surface area contributed by atoms with Gasteiger partial charge in [0.1, 0.15) is 5.82 Å². The monoisotopic (exact) mass is 302 g/mol. The normalized spacial score (nSPS) is 17.1. The van der Waals surface area contributed by atoms with Crippen molar-refractivity contribution in [3.8, 4) is 0 Å². The Balaban J connectivity index is 1.57. The molecule has 6 nitrogen and oxygen atoms in total. The number of anilines is 1. The van der Waals surface area contributed by atoms with Crippen LogP contribution in [-0.2, 0) is 11.3 Å². The predicted molar refractivity (Wildman–Crippen MR) is 83.5 cm³/mol. The van der Waals surface area contributed by atoms with Gasteiger partial charge in [-0.25, -0.2) is 4.98 Å². The van der Waals surface area contributed by atoms with Gasteiger partial charge >= 0.3 is 0 Å². The molecule has 2 amide bonds. The molecule has 0 saturated heterocycles. The molecule has 0 bridgehead atoms. The number of amides is 2. The lowest BCUT2D eigenvalue weighted by molar-refractivity contribution is -0.119. The fraction of sp³-hybridized carbons (Fsp3) is 0.562. The van der Waals surface area contributed by atoms with Gasteiger partial charge in [0, 0.05) is 26.6 Å². The molecule has 0 aromatic carbocycles. The molecule has 22 heavy (non-hydrogen) atoms. The van der Waals surface area contributed by atoms with E-state index in [9.17, 15) is 9.59 Å². The van der Waals surface area contributed by atoms with Crippen LogP contribution in [0.3, 0.4) is 0 Å². The highest BCUT2D eigenvalue weighted by Crippen LogP contribution is 2.27. The van der Waals surface area contributed by atoms with Crippen LogP contribution in [0.2, 0.25) is 0 Å². The van der Waals surface area contributed by atoms with Gasteiger partial charge in [0.05, 0.1) is 17.8 Å². The van der Waals surface area contributed by atoms with E-state index in [0.717, 1.165) is 24.0 Å². The summed E-state index contributed by atoms with van der Waals surface area (Å²) in [6, 6.07) is 3.74. The largest absolute Gasteiger partial charge is 0.370 e. The van der Waals surface area contributed by atoms with Gasteiger partial charge in [0.15, 0.2) is 0 Å². The fourth-order valence-corrected chi connectivity index (χ4v) is 2.83. The van der Waals surface area contributed by atoms with E-state index >= 15 is 0 Å². The van der Waals surface area contributed by atoms with Crippen molar-refractivity contribution in [3.63, 3.8) is 0 Å². The Morgan fingerprint density at radius 3 is 2.91 bits per heavy atom. The molecule has 3 rings (SSSR count). The summed E-state index contributed by atoms with van der Waals surface area (Å²) >= 11 is 0. The smallest absolute Gasteiger partial charge is 0.256 e. The summed E-state index contributed by atoms with van der Waals surface area (Å²) in [5.41, 5.74) is 1.50. The summed E-state index contributed by atoms with van der Waals surface area (Å²) in [5.74, 6) is 1.54. The van der Waals surface area contributed by atoms with Crippen molar-refractivity contribution in [2.75, 3.05) is 25.0 Å². The Bertz CT molecular complexity index is 584. The van der Waals surface area contributed by atoms with Crippen molar-refractivity contribution in [1.82, 2.24) is 15.2 Å². The number of carbonyl (C=O) groups excluding carboxylic acids is 2. The number of hydrogen-bond donors (Lipinski definition) is 2. The average molecular weight is 302 g/mol. The number of aromatic nitrogens is 1. The third-order valence-corrected chi connectivity index (χ3v) is 4.38. The molecule has 0 unspecified atom stereocenters. The van der Waals surface area contributed by atoms with Crippen molar-refractivity contribution in [2.24, 2.45) is 5.92 Å². The summed E-state index contributed by atoms with van der Waals surface area (Å²) in [4.78, 5) is 29.4. The van der Waals surface area contributed by atoms with E-state index in [1.165, 1.54) is 26.2 Å². The van der Waals surface area contributed by atoms with Crippen LogP contribution in [0.4, 0.5) is 5.82 Å². The van der Waals surface area contributed by atoms with E-state index in [2.05, 4.69) is 15.6 Å². The first-order valence-electron chi connectivity index (χ1n) is 7.91. The standard InChI is InChI=1S/C16H22N4O2/c1-11(21)17-7-8-20-10-14-13(16(20)22)5-6-15(19-14)18-9-12-3-2-4-12/h5-6,12H,2-4,7-10H2,1H3,(H,17,21)(H,18,19). The predicted octanol–water partition coefficient (Wildman–Crippen LogP) is 1.39. The fourth-order valence-electron chi connectivity index (χ4n) is 2.83. The van der Waals surface area contributed by atoms with Gasteiger partial charge in [-0.05, 0) is 30.9 Å². The first-order chi connectivity index (χ1) is 10.6. The topological polar surface area (TPSA) is 74.3 Å². The Hall–Kier alpha value is -2.11. The maximum absolute atomic E-state index is 12.3. The minimum Gasteiger partial charge on any atom is -0.370 e. The number of nitrogens with zero attached hydrogens (tertiary/aromatic N) is 2. The molecule has 1 saturated carbocycles. The second kappa shape index (κ2) is 6.34. The van der Waals surface area contributed by atoms with Gasteiger partial charge in [-0.2, -0.15) is 0 Å². The van der Waals surface area contributed by atoms with Crippen molar-refractivity contribution in [1.29, 1.82) is 0 Å². The van der Waals surface area contributed by atoms with E-state index in [-0.39, 0.29) is 11.8 Å². The first-order valence-corrected chi connectivity index (χ1v) is 7.91. The summed E-state index contributed by atoms with van der Waals surface area (Å²) < 4.78 is 0. The van der Waals surface area contributed by atoms with E-state index < -0.39 is 0 Å². The molecule has 0 atom stereocenters. The Kier molecular flexibility index (Phi) is 4.27. The zero-order valence-electron chi connectivity index (χ0n) is 12.9. The van der Waals surface area contributed by atoms with Gasteiger partial charge in [0.25, 0.3) is 5.91 Å². The van der Waals surface area contributed by atoms with Gasteiger partial charge in [-0.1, -0.05) is 6.42 Å². The number of fused-ring (bicyclic) bond motifs is 1. The van der Waals surface area contributed by atoms with Crippen LogP contribution in [-0.4, -0.2) is 41.3 Å². The number of carbonyl (C=O) groups is 2. The summed E-state index contributed by atoms with van der Waals surface area (Å²) in [7, 11) is 0. The Morgan fingerprint density at radius 1 is 1.41 bits per heavy atom. The summed E-state index contributed by atoms with van der Waals surface area (Å²) in [6.45, 7) is 3.95. The quantitative estimate of drug-likeness (QED) is 0.832. The average Bonchev–Trinajstić information content (AvgIpc) is 2.73. The molecular formula is C16H22N4O2. The van der Waals surface area contributed by atoms with Gasteiger partial charge in [-0.3, -0.25) is 9.59 Å². The molecule has 1 aromatic heterocycles. The SMILES string of the molecule is CC(=O)NCCN1Cc2nc(NCC3CCC3)ccc2C1=O. The number of pyridine rings is 1. The van der Waals surface area contributed by atoms with Crippen LogP contribution in [0.15, 0.2) is 12.1 Å². The van der Waals surface area contributed by atoms with Gasteiger partial charge < -0.3 is 15.5 Å². The van der Waals surface area contributed by atoms with E-state index in [4.69, 9.17) is 0 Å². The van der Waals surface area contributed by atoms with Crippen molar-refractivity contribution in [2.45, 2.75) is 32.7 Å². The molecule has 2 aliphatic rings. The van der Waals surface area contributed by atoms with Gasteiger partial charge in [-0.15, -0.1) is 0 Å². The molecular weight excluding hydrogens is 280 g/mol. The van der Waals surface area contributed by atoms with Gasteiger partial charge in [0.2, 0.25) is 5.91 Å². The van der Waals surface area contributed by atoms with E-state index in [1.54, 1.807) is 4.90 Å². The summed E-state index contributed by atoms with van der Waals surface area (Å²) in [5, 5.41) is 6.08. The van der Waals surface area contributed by atoms with Crippen LogP contribution < -0.4 is 10.6 Å². The minimum absolute atomic E-state index is 0.00149. The second-order valence-corrected chi connectivity index (χ2v) is 6.08. The molecule has 1 aromatic rings. The third kappa shape index (κ3) is 3.21. The third-order valence-electron chi connectivity index (χ3n) is 4.38.